The molecule has 0 aliphatic carbocycles. The van der Waals surface area contributed by atoms with Crippen LogP contribution in [0.5, 0.6) is 0 Å². The lowest BCUT2D eigenvalue weighted by Gasteiger charge is -2.15. The van der Waals surface area contributed by atoms with Gasteiger partial charge in [-0.15, -0.1) is 0 Å². The number of carboxylic acids is 1. The van der Waals surface area contributed by atoms with Crippen molar-refractivity contribution in [2.75, 3.05) is 0 Å². The van der Waals surface area contributed by atoms with Gasteiger partial charge in [-0.1, -0.05) is 54.6 Å². The Morgan fingerprint density at radius 1 is 0.893 bits per heavy atom. The van der Waals surface area contributed by atoms with E-state index in [9.17, 15) is 14.7 Å². The summed E-state index contributed by atoms with van der Waals surface area (Å²) in [5.41, 5.74) is 3.68. The van der Waals surface area contributed by atoms with E-state index >= 15 is 0 Å². The van der Waals surface area contributed by atoms with E-state index in [-0.39, 0.29) is 6.42 Å². The summed E-state index contributed by atoms with van der Waals surface area (Å²) in [5, 5.41) is 20.8. The molecule has 0 fully saturated rings. The Morgan fingerprint density at radius 2 is 1.50 bits per heavy atom. The van der Waals surface area contributed by atoms with Crippen molar-refractivity contribution in [3.8, 4) is 17.2 Å². The number of aliphatic carboxylic acids is 1. The van der Waals surface area contributed by atoms with Crippen LogP contribution in [-0.4, -0.2) is 23.0 Å². The maximum atomic E-state index is 12.3. The highest BCUT2D eigenvalue weighted by Crippen LogP contribution is 2.19. The van der Waals surface area contributed by atoms with Gasteiger partial charge in [0.25, 0.3) is 5.91 Å². The number of nitriles is 1. The molecule has 0 saturated heterocycles. The third-order valence-corrected chi connectivity index (χ3v) is 4.38. The van der Waals surface area contributed by atoms with Crippen LogP contribution in [-0.2, 0) is 11.2 Å². The van der Waals surface area contributed by atoms with Crippen molar-refractivity contribution in [2.24, 2.45) is 0 Å². The molecule has 0 aliphatic rings. The molecule has 3 rings (SSSR count). The van der Waals surface area contributed by atoms with Crippen LogP contribution in [0.1, 0.15) is 21.5 Å². The van der Waals surface area contributed by atoms with E-state index in [2.05, 4.69) is 5.32 Å². The highest BCUT2D eigenvalue weighted by Gasteiger charge is 2.21. The van der Waals surface area contributed by atoms with Crippen molar-refractivity contribution in [1.82, 2.24) is 5.32 Å². The quantitative estimate of drug-likeness (QED) is 0.693. The van der Waals surface area contributed by atoms with E-state index in [1.54, 1.807) is 0 Å². The van der Waals surface area contributed by atoms with Gasteiger partial charge in [0, 0.05) is 12.0 Å². The molecule has 0 heterocycles. The first kappa shape index (κ1) is 18.9. The highest BCUT2D eigenvalue weighted by molar-refractivity contribution is 5.96. The summed E-state index contributed by atoms with van der Waals surface area (Å²) in [4.78, 5) is 23.9. The first-order valence-corrected chi connectivity index (χ1v) is 8.75. The van der Waals surface area contributed by atoms with Crippen molar-refractivity contribution in [3.63, 3.8) is 0 Å². The number of hydrogen-bond donors (Lipinski definition) is 2. The normalized spacial score (nSPS) is 11.2. The van der Waals surface area contributed by atoms with Crippen molar-refractivity contribution in [2.45, 2.75) is 12.5 Å². The van der Waals surface area contributed by atoms with E-state index in [0.29, 0.717) is 11.1 Å². The SMILES string of the molecule is N#Cc1ccc(C(=O)N[C@@H](Cc2ccc(-c3ccccc3)cc2)C(=O)O)cc1. The molecule has 3 aromatic carbocycles. The van der Waals surface area contributed by atoms with Gasteiger partial charge in [0.2, 0.25) is 0 Å². The fraction of sp³-hybridized carbons (Fsp3) is 0.0870. The number of rotatable bonds is 6. The summed E-state index contributed by atoms with van der Waals surface area (Å²) >= 11 is 0. The minimum Gasteiger partial charge on any atom is -0.480 e. The van der Waals surface area contributed by atoms with E-state index < -0.39 is 17.9 Å². The third-order valence-electron chi connectivity index (χ3n) is 4.38. The first-order chi connectivity index (χ1) is 13.6. The number of benzene rings is 3. The number of nitrogens with zero attached hydrogens (tertiary/aromatic N) is 1. The lowest BCUT2D eigenvalue weighted by atomic mass is 10.0. The second kappa shape index (κ2) is 8.65. The molecular weight excluding hydrogens is 352 g/mol. The maximum Gasteiger partial charge on any atom is 0.326 e. The average Bonchev–Trinajstić information content (AvgIpc) is 2.74. The van der Waals surface area contributed by atoms with Crippen LogP contribution >= 0.6 is 0 Å². The number of amides is 1. The molecule has 0 aromatic heterocycles. The summed E-state index contributed by atoms with van der Waals surface area (Å²) < 4.78 is 0. The third kappa shape index (κ3) is 4.63. The second-order valence-corrected chi connectivity index (χ2v) is 6.32. The molecule has 0 spiro atoms. The zero-order valence-electron chi connectivity index (χ0n) is 15.0. The largest absolute Gasteiger partial charge is 0.480 e. The second-order valence-electron chi connectivity index (χ2n) is 6.32. The molecule has 3 aromatic rings. The fourth-order valence-electron chi connectivity index (χ4n) is 2.84. The number of carboxylic acid groups (broad SMARTS) is 1. The van der Waals surface area contributed by atoms with Crippen LogP contribution < -0.4 is 5.32 Å². The topological polar surface area (TPSA) is 90.2 Å². The maximum absolute atomic E-state index is 12.3. The summed E-state index contributed by atoms with van der Waals surface area (Å²) in [5.74, 6) is -1.59. The van der Waals surface area contributed by atoms with Crippen molar-refractivity contribution < 1.29 is 14.7 Å². The van der Waals surface area contributed by atoms with E-state index in [0.717, 1.165) is 16.7 Å². The van der Waals surface area contributed by atoms with Gasteiger partial charge < -0.3 is 10.4 Å². The lowest BCUT2D eigenvalue weighted by Crippen LogP contribution is -2.42. The Bertz CT molecular complexity index is 1000. The molecule has 2 N–H and O–H groups in total. The van der Waals surface area contributed by atoms with E-state index in [4.69, 9.17) is 5.26 Å². The van der Waals surface area contributed by atoms with E-state index in [1.165, 1.54) is 24.3 Å². The van der Waals surface area contributed by atoms with Gasteiger partial charge in [0.1, 0.15) is 6.04 Å². The zero-order valence-corrected chi connectivity index (χ0v) is 15.0. The molecule has 5 nitrogen and oxygen atoms in total. The smallest absolute Gasteiger partial charge is 0.326 e. The Kier molecular flexibility index (Phi) is 5.83. The van der Waals surface area contributed by atoms with Gasteiger partial charge in [-0.05, 0) is 41.0 Å². The molecule has 0 saturated carbocycles. The van der Waals surface area contributed by atoms with Gasteiger partial charge >= 0.3 is 5.97 Å². The molecule has 5 heteroatoms. The lowest BCUT2D eigenvalue weighted by molar-refractivity contribution is -0.139. The summed E-state index contributed by atoms with van der Waals surface area (Å²) in [6, 6.07) is 24.5. The van der Waals surface area contributed by atoms with Gasteiger partial charge in [-0.3, -0.25) is 4.79 Å². The molecule has 0 bridgehead atoms. The number of hydrogen-bond acceptors (Lipinski definition) is 3. The van der Waals surface area contributed by atoms with Crippen LogP contribution in [0, 0.1) is 11.3 Å². The van der Waals surface area contributed by atoms with Gasteiger partial charge in [-0.25, -0.2) is 4.79 Å². The predicted molar refractivity (Wildman–Crippen MR) is 106 cm³/mol. The molecule has 1 amide bonds. The molecule has 1 atom stereocenters. The first-order valence-electron chi connectivity index (χ1n) is 8.75. The van der Waals surface area contributed by atoms with Crippen LogP contribution in [0.25, 0.3) is 11.1 Å². The molecular formula is C23H18N2O3. The monoisotopic (exact) mass is 370 g/mol. The van der Waals surface area contributed by atoms with Crippen LogP contribution in [0.4, 0.5) is 0 Å². The van der Waals surface area contributed by atoms with E-state index in [1.807, 2.05) is 60.7 Å². The summed E-state index contributed by atoms with van der Waals surface area (Å²) in [7, 11) is 0. The standard InChI is InChI=1S/C23H18N2O3/c24-15-17-8-12-20(13-9-17)22(26)25-21(23(27)28)14-16-6-10-19(11-7-16)18-4-2-1-3-5-18/h1-13,21H,14H2,(H,25,26)(H,27,28)/t21-/m0/s1. The van der Waals surface area contributed by atoms with Crippen LogP contribution in [0.2, 0.25) is 0 Å². The summed E-state index contributed by atoms with van der Waals surface area (Å²) in [6.07, 6.45) is 0.173. The Morgan fingerprint density at radius 3 is 2.07 bits per heavy atom. The van der Waals surface area contributed by atoms with Gasteiger partial charge in [0.05, 0.1) is 11.6 Å². The number of carbonyl (C=O) groups is 2. The van der Waals surface area contributed by atoms with Gasteiger partial charge in [0.15, 0.2) is 0 Å². The average molecular weight is 370 g/mol. The van der Waals surface area contributed by atoms with Crippen molar-refractivity contribution in [1.29, 1.82) is 5.26 Å². The minimum atomic E-state index is -1.10. The highest BCUT2D eigenvalue weighted by atomic mass is 16.4. The Balaban J connectivity index is 1.69. The molecule has 138 valence electrons. The number of nitrogens with one attached hydrogen (secondary N) is 1. The summed E-state index contributed by atoms with van der Waals surface area (Å²) in [6.45, 7) is 0. The molecule has 0 aliphatic heterocycles. The Hall–Kier alpha value is -3.91. The van der Waals surface area contributed by atoms with Crippen LogP contribution in [0.15, 0.2) is 78.9 Å². The van der Waals surface area contributed by atoms with Crippen molar-refractivity contribution >= 4 is 11.9 Å². The molecule has 0 radical (unpaired) electrons. The fourth-order valence-corrected chi connectivity index (χ4v) is 2.84. The van der Waals surface area contributed by atoms with Crippen LogP contribution in [0.3, 0.4) is 0 Å². The van der Waals surface area contributed by atoms with Gasteiger partial charge in [-0.2, -0.15) is 5.26 Å². The molecule has 0 unspecified atom stereocenters. The number of carbonyl (C=O) groups excluding carboxylic acids is 1. The van der Waals surface area contributed by atoms with Crippen molar-refractivity contribution in [3.05, 3.63) is 95.6 Å². The molecule has 28 heavy (non-hydrogen) atoms. The minimum absolute atomic E-state index is 0.173. The Labute approximate surface area is 162 Å². The predicted octanol–water partition coefficient (Wildman–Crippen LogP) is 3.65. The zero-order chi connectivity index (χ0) is 19.9.